The summed E-state index contributed by atoms with van der Waals surface area (Å²) in [5, 5.41) is 10.6. The van der Waals surface area contributed by atoms with Crippen molar-refractivity contribution in [2.45, 2.75) is 33.8 Å². The van der Waals surface area contributed by atoms with Crippen LogP contribution in [0.15, 0.2) is 42.5 Å². The molecule has 0 fully saturated rings. The van der Waals surface area contributed by atoms with Crippen molar-refractivity contribution in [2.24, 2.45) is 0 Å². The molecular formula is C19H25NO. The molecule has 0 aliphatic rings. The van der Waals surface area contributed by atoms with E-state index in [-0.39, 0.29) is 0 Å². The van der Waals surface area contributed by atoms with E-state index in [1.807, 2.05) is 12.1 Å². The molecular weight excluding hydrogens is 258 g/mol. The quantitative estimate of drug-likeness (QED) is 0.890. The summed E-state index contributed by atoms with van der Waals surface area (Å²) in [5.74, 6) is 0. The lowest BCUT2D eigenvalue weighted by atomic mass is 10.0. The summed E-state index contributed by atoms with van der Waals surface area (Å²) >= 11 is 0. The molecule has 2 nitrogen and oxygen atoms in total. The van der Waals surface area contributed by atoms with E-state index < -0.39 is 6.10 Å². The molecule has 1 N–H and O–H groups in total. The number of likely N-dealkylation sites (N-methyl/N-ethyl adjacent to an activating group) is 1. The van der Waals surface area contributed by atoms with Crippen molar-refractivity contribution >= 4 is 5.69 Å². The fourth-order valence-corrected chi connectivity index (χ4v) is 2.83. The second-order valence-electron chi connectivity index (χ2n) is 5.76. The molecule has 0 saturated carbocycles. The highest BCUT2D eigenvalue weighted by Crippen LogP contribution is 2.24. The molecule has 2 aromatic carbocycles. The Morgan fingerprint density at radius 1 is 1.00 bits per heavy atom. The summed E-state index contributed by atoms with van der Waals surface area (Å²) < 4.78 is 0. The van der Waals surface area contributed by atoms with Crippen molar-refractivity contribution in [3.8, 4) is 0 Å². The Bertz CT molecular complexity index is 586. The van der Waals surface area contributed by atoms with Crippen LogP contribution < -0.4 is 4.90 Å². The smallest absolute Gasteiger partial charge is 0.0965 e. The van der Waals surface area contributed by atoms with Gasteiger partial charge in [0.25, 0.3) is 0 Å². The first kappa shape index (κ1) is 15.6. The van der Waals surface area contributed by atoms with Gasteiger partial charge in [0.2, 0.25) is 0 Å². The topological polar surface area (TPSA) is 23.5 Å². The van der Waals surface area contributed by atoms with Crippen LogP contribution in [0.4, 0.5) is 5.69 Å². The van der Waals surface area contributed by atoms with Gasteiger partial charge in [-0.3, -0.25) is 0 Å². The first-order valence-electron chi connectivity index (χ1n) is 7.58. The van der Waals surface area contributed by atoms with E-state index in [4.69, 9.17) is 0 Å². The number of aliphatic hydroxyl groups excluding tert-OH is 1. The van der Waals surface area contributed by atoms with Crippen molar-refractivity contribution in [2.75, 3.05) is 18.0 Å². The lowest BCUT2D eigenvalue weighted by molar-refractivity contribution is 0.183. The lowest BCUT2D eigenvalue weighted by Gasteiger charge is -2.27. The zero-order chi connectivity index (χ0) is 15.4. The number of hydrogen-bond donors (Lipinski definition) is 1. The number of aryl methyl sites for hydroxylation is 3. The summed E-state index contributed by atoms with van der Waals surface area (Å²) in [7, 11) is 0. The molecule has 2 heteroatoms. The van der Waals surface area contributed by atoms with Crippen LogP contribution in [0.25, 0.3) is 0 Å². The van der Waals surface area contributed by atoms with E-state index in [1.165, 1.54) is 22.4 Å². The number of nitrogens with zero attached hydrogens (tertiary/aromatic N) is 1. The van der Waals surface area contributed by atoms with Gasteiger partial charge in [-0.2, -0.15) is 0 Å². The molecule has 0 aromatic heterocycles. The van der Waals surface area contributed by atoms with E-state index in [1.54, 1.807) is 0 Å². The molecule has 1 unspecified atom stereocenters. The first-order valence-corrected chi connectivity index (χ1v) is 7.58. The van der Waals surface area contributed by atoms with Crippen LogP contribution in [0.3, 0.4) is 0 Å². The summed E-state index contributed by atoms with van der Waals surface area (Å²) in [6, 6.07) is 14.6. The highest BCUT2D eigenvalue weighted by Gasteiger charge is 2.14. The molecule has 0 amide bonds. The van der Waals surface area contributed by atoms with Crippen LogP contribution in [0, 0.1) is 20.8 Å². The Labute approximate surface area is 128 Å². The standard InChI is InChI=1S/C19H25NO/c1-5-20(18-9-7-6-8-16(18)4)13-19(21)17-11-14(2)10-15(3)12-17/h6-12,19,21H,5,13H2,1-4H3. The normalized spacial score (nSPS) is 12.2. The van der Waals surface area contributed by atoms with Crippen LogP contribution in [0.2, 0.25) is 0 Å². The summed E-state index contributed by atoms with van der Waals surface area (Å²) in [6.07, 6.45) is -0.469. The molecule has 0 aliphatic heterocycles. The number of rotatable bonds is 5. The molecule has 2 rings (SSSR count). The predicted octanol–water partition coefficient (Wildman–Crippen LogP) is 4.17. The van der Waals surface area contributed by atoms with E-state index in [2.05, 4.69) is 62.9 Å². The summed E-state index contributed by atoms with van der Waals surface area (Å²) in [5.41, 5.74) is 5.83. The van der Waals surface area contributed by atoms with Gasteiger partial charge in [-0.1, -0.05) is 47.5 Å². The predicted molar refractivity (Wildman–Crippen MR) is 89.9 cm³/mol. The van der Waals surface area contributed by atoms with Crippen molar-refractivity contribution < 1.29 is 5.11 Å². The minimum atomic E-state index is -0.469. The molecule has 0 aliphatic carbocycles. The number of aliphatic hydroxyl groups is 1. The van der Waals surface area contributed by atoms with Crippen LogP contribution >= 0.6 is 0 Å². The lowest BCUT2D eigenvalue weighted by Crippen LogP contribution is -2.29. The zero-order valence-electron chi connectivity index (χ0n) is 13.4. The van der Waals surface area contributed by atoms with Crippen molar-refractivity contribution in [1.29, 1.82) is 0 Å². The number of anilines is 1. The van der Waals surface area contributed by atoms with E-state index in [0.717, 1.165) is 12.1 Å². The van der Waals surface area contributed by atoms with Gasteiger partial charge in [0, 0.05) is 18.8 Å². The molecule has 0 radical (unpaired) electrons. The summed E-state index contributed by atoms with van der Waals surface area (Å²) in [6.45, 7) is 9.88. The fourth-order valence-electron chi connectivity index (χ4n) is 2.83. The Kier molecular flexibility index (Phi) is 5.03. The zero-order valence-corrected chi connectivity index (χ0v) is 13.4. The van der Waals surface area contributed by atoms with Crippen LogP contribution in [-0.2, 0) is 0 Å². The summed E-state index contributed by atoms with van der Waals surface area (Å²) in [4.78, 5) is 2.23. The number of hydrogen-bond acceptors (Lipinski definition) is 2. The first-order chi connectivity index (χ1) is 10.0. The van der Waals surface area contributed by atoms with Crippen molar-refractivity contribution in [3.63, 3.8) is 0 Å². The molecule has 0 heterocycles. The molecule has 21 heavy (non-hydrogen) atoms. The van der Waals surface area contributed by atoms with Gasteiger partial charge >= 0.3 is 0 Å². The van der Waals surface area contributed by atoms with E-state index in [0.29, 0.717) is 6.54 Å². The third-order valence-corrected chi connectivity index (χ3v) is 3.86. The fraction of sp³-hybridized carbons (Fsp3) is 0.368. The molecule has 0 bridgehead atoms. The van der Waals surface area contributed by atoms with Crippen LogP contribution in [-0.4, -0.2) is 18.2 Å². The van der Waals surface area contributed by atoms with Crippen LogP contribution in [0.5, 0.6) is 0 Å². The monoisotopic (exact) mass is 283 g/mol. The van der Waals surface area contributed by atoms with Crippen molar-refractivity contribution in [3.05, 3.63) is 64.7 Å². The van der Waals surface area contributed by atoms with Gasteiger partial charge in [-0.25, -0.2) is 0 Å². The van der Waals surface area contributed by atoms with E-state index in [9.17, 15) is 5.11 Å². The highest BCUT2D eigenvalue weighted by atomic mass is 16.3. The van der Waals surface area contributed by atoms with Gasteiger partial charge < -0.3 is 10.0 Å². The molecule has 2 aromatic rings. The van der Waals surface area contributed by atoms with E-state index >= 15 is 0 Å². The van der Waals surface area contributed by atoms with Gasteiger partial charge in [-0.05, 0) is 44.9 Å². The van der Waals surface area contributed by atoms with Gasteiger partial charge in [-0.15, -0.1) is 0 Å². The maximum atomic E-state index is 10.6. The largest absolute Gasteiger partial charge is 0.387 e. The molecule has 0 saturated heterocycles. The van der Waals surface area contributed by atoms with Gasteiger partial charge in [0.05, 0.1) is 6.10 Å². The third kappa shape index (κ3) is 3.85. The van der Waals surface area contributed by atoms with Crippen molar-refractivity contribution in [1.82, 2.24) is 0 Å². The second-order valence-corrected chi connectivity index (χ2v) is 5.76. The Morgan fingerprint density at radius 3 is 2.19 bits per heavy atom. The average molecular weight is 283 g/mol. The SMILES string of the molecule is CCN(CC(O)c1cc(C)cc(C)c1)c1ccccc1C. The second kappa shape index (κ2) is 6.77. The highest BCUT2D eigenvalue weighted by molar-refractivity contribution is 5.53. The molecule has 112 valence electrons. The van der Waals surface area contributed by atoms with Gasteiger partial charge in [0.15, 0.2) is 0 Å². The Balaban J connectivity index is 2.20. The van der Waals surface area contributed by atoms with Gasteiger partial charge in [0.1, 0.15) is 0 Å². The maximum absolute atomic E-state index is 10.6. The third-order valence-electron chi connectivity index (χ3n) is 3.86. The minimum absolute atomic E-state index is 0.469. The Morgan fingerprint density at radius 2 is 1.62 bits per heavy atom. The average Bonchev–Trinajstić information content (AvgIpc) is 2.44. The number of benzene rings is 2. The maximum Gasteiger partial charge on any atom is 0.0965 e. The molecule has 1 atom stereocenters. The minimum Gasteiger partial charge on any atom is -0.387 e. The van der Waals surface area contributed by atoms with Crippen LogP contribution in [0.1, 0.15) is 35.3 Å². The Hall–Kier alpha value is -1.80. The number of para-hydroxylation sites is 1. The molecule has 0 spiro atoms.